The smallest absolute Gasteiger partial charge is 0.359 e. The molecule has 0 bridgehead atoms. The van der Waals surface area contributed by atoms with E-state index in [2.05, 4.69) is 25.3 Å². The van der Waals surface area contributed by atoms with Gasteiger partial charge in [0.2, 0.25) is 0 Å². The largest absolute Gasteiger partial charge is 0.466 e. The summed E-state index contributed by atoms with van der Waals surface area (Å²) >= 11 is 0. The highest BCUT2D eigenvalue weighted by Gasteiger charge is 2.40. The van der Waals surface area contributed by atoms with E-state index in [1.165, 1.54) is 0 Å². The quantitative estimate of drug-likeness (QED) is 0.297. The van der Waals surface area contributed by atoms with Gasteiger partial charge in [-0.15, -0.1) is 0 Å². The van der Waals surface area contributed by atoms with Gasteiger partial charge in [0.15, 0.2) is 0 Å². The predicted molar refractivity (Wildman–Crippen MR) is 121 cm³/mol. The second-order valence-corrected chi connectivity index (χ2v) is 10.2. The molecular weight excluding hydrogens is 401 g/mol. The van der Waals surface area contributed by atoms with E-state index in [0.717, 1.165) is 42.8 Å². The summed E-state index contributed by atoms with van der Waals surface area (Å²) in [7, 11) is -3.88. The number of allylic oxidation sites excluding steroid dienone is 1. The fraction of sp³-hybridized carbons (Fsp3) is 0.609. The maximum absolute atomic E-state index is 12.8. The van der Waals surface area contributed by atoms with E-state index in [9.17, 15) is 14.3 Å². The maximum Gasteiger partial charge on any atom is 0.359 e. The van der Waals surface area contributed by atoms with Crippen LogP contribution < -0.4 is 10.2 Å². The summed E-state index contributed by atoms with van der Waals surface area (Å²) in [6, 6.07) is 5.38. The third-order valence-corrected chi connectivity index (χ3v) is 7.36. The van der Waals surface area contributed by atoms with Crippen molar-refractivity contribution in [2.75, 3.05) is 18.1 Å². The Bertz CT molecular complexity index is 820. The van der Waals surface area contributed by atoms with E-state index < -0.39 is 7.60 Å². The Morgan fingerprint density at radius 1 is 1.27 bits per heavy atom. The molecule has 0 amide bonds. The van der Waals surface area contributed by atoms with Crippen LogP contribution >= 0.6 is 7.60 Å². The molecule has 30 heavy (non-hydrogen) atoms. The molecule has 1 heterocycles. The molecule has 168 valence electrons. The van der Waals surface area contributed by atoms with E-state index in [1.807, 2.05) is 19.9 Å². The average molecular weight is 438 g/mol. The second kappa shape index (κ2) is 10.1. The highest BCUT2D eigenvalue weighted by molar-refractivity contribution is 7.61. The highest BCUT2D eigenvalue weighted by Crippen LogP contribution is 2.50. The van der Waals surface area contributed by atoms with Gasteiger partial charge in [-0.1, -0.05) is 33.8 Å². The molecule has 0 saturated heterocycles. The number of hydrogen-bond donors (Lipinski definition) is 1. The molecule has 0 aliphatic carbocycles. The van der Waals surface area contributed by atoms with Gasteiger partial charge in [0.25, 0.3) is 0 Å². The van der Waals surface area contributed by atoms with Crippen molar-refractivity contribution in [3.8, 4) is 0 Å². The molecular formula is C23H36NO5P. The zero-order chi connectivity index (χ0) is 22.5. The lowest BCUT2D eigenvalue weighted by atomic mass is 9.84. The molecule has 2 rings (SSSR count). The van der Waals surface area contributed by atoms with Gasteiger partial charge in [-0.05, 0) is 56.9 Å². The molecule has 2 unspecified atom stereocenters. The lowest BCUT2D eigenvalue weighted by Gasteiger charge is -2.25. The Labute approximate surface area is 180 Å². The number of carbonyl (C=O) groups excluding carboxylic acids is 1. The average Bonchev–Trinajstić information content (AvgIpc) is 2.87. The van der Waals surface area contributed by atoms with Crippen LogP contribution in [0.3, 0.4) is 0 Å². The minimum absolute atomic E-state index is 0.143. The molecule has 1 aromatic carbocycles. The van der Waals surface area contributed by atoms with Crippen molar-refractivity contribution in [2.45, 2.75) is 78.2 Å². The van der Waals surface area contributed by atoms with Crippen LogP contribution in [0.5, 0.6) is 0 Å². The number of rotatable bonds is 11. The SMILES string of the molecule is C=C1N(CCCCCC(=O)OCC)c2ccc(P(=O)(O)OC(C)CC)cc2C1(C)C. The molecule has 6 nitrogen and oxygen atoms in total. The van der Waals surface area contributed by atoms with Crippen molar-refractivity contribution in [3.05, 3.63) is 36.0 Å². The normalized spacial score (nSPS) is 18.1. The summed E-state index contributed by atoms with van der Waals surface area (Å²) < 4.78 is 23.1. The number of fused-ring (bicyclic) bond motifs is 1. The number of hydrogen-bond acceptors (Lipinski definition) is 5. The zero-order valence-electron chi connectivity index (χ0n) is 18.9. The van der Waals surface area contributed by atoms with Crippen LogP contribution in [-0.4, -0.2) is 30.1 Å². The van der Waals surface area contributed by atoms with E-state index in [4.69, 9.17) is 9.26 Å². The predicted octanol–water partition coefficient (Wildman–Crippen LogP) is 5.05. The Kier molecular flexibility index (Phi) is 8.32. The molecule has 1 aliphatic heterocycles. The Morgan fingerprint density at radius 3 is 2.60 bits per heavy atom. The van der Waals surface area contributed by atoms with E-state index in [0.29, 0.717) is 24.8 Å². The van der Waals surface area contributed by atoms with Crippen LogP contribution in [0.1, 0.15) is 72.3 Å². The Balaban J connectivity index is 2.11. The fourth-order valence-corrected chi connectivity index (χ4v) is 4.97. The third-order valence-electron chi connectivity index (χ3n) is 5.78. The molecule has 0 saturated carbocycles. The van der Waals surface area contributed by atoms with Crippen LogP contribution in [0.4, 0.5) is 5.69 Å². The van der Waals surface area contributed by atoms with Crippen molar-refractivity contribution in [2.24, 2.45) is 0 Å². The van der Waals surface area contributed by atoms with Gasteiger partial charge in [-0.2, -0.15) is 0 Å². The number of carbonyl (C=O) groups is 1. The number of unbranched alkanes of at least 4 members (excludes halogenated alkanes) is 2. The summed E-state index contributed by atoms with van der Waals surface area (Å²) in [5.41, 5.74) is 2.63. The van der Waals surface area contributed by atoms with Gasteiger partial charge < -0.3 is 19.1 Å². The minimum atomic E-state index is -3.88. The zero-order valence-corrected chi connectivity index (χ0v) is 19.8. The van der Waals surface area contributed by atoms with Crippen LogP contribution in [0.15, 0.2) is 30.5 Å². The number of anilines is 1. The first kappa shape index (κ1) is 24.6. The maximum atomic E-state index is 12.8. The summed E-state index contributed by atoms with van der Waals surface area (Å²) in [5.74, 6) is -0.143. The van der Waals surface area contributed by atoms with E-state index >= 15 is 0 Å². The molecule has 0 spiro atoms. The topological polar surface area (TPSA) is 76.1 Å². The van der Waals surface area contributed by atoms with Gasteiger partial charge in [0.1, 0.15) is 0 Å². The van der Waals surface area contributed by atoms with Crippen molar-refractivity contribution in [1.82, 2.24) is 0 Å². The van der Waals surface area contributed by atoms with Crippen LogP contribution in [0.25, 0.3) is 0 Å². The van der Waals surface area contributed by atoms with Crippen LogP contribution in [-0.2, 0) is 24.0 Å². The van der Waals surface area contributed by atoms with Crippen molar-refractivity contribution in [1.29, 1.82) is 0 Å². The minimum Gasteiger partial charge on any atom is -0.466 e. The summed E-state index contributed by atoms with van der Waals surface area (Å²) in [5, 5.41) is 0.318. The Hall–Kier alpha value is -1.62. The Morgan fingerprint density at radius 2 is 1.97 bits per heavy atom. The molecule has 2 atom stereocenters. The summed E-state index contributed by atoms with van der Waals surface area (Å²) in [4.78, 5) is 24.1. The first-order valence-corrected chi connectivity index (χ1v) is 12.4. The van der Waals surface area contributed by atoms with Gasteiger partial charge in [-0.3, -0.25) is 9.36 Å². The first-order chi connectivity index (χ1) is 14.0. The van der Waals surface area contributed by atoms with E-state index in [1.54, 1.807) is 19.1 Å². The first-order valence-electron chi connectivity index (χ1n) is 10.8. The second-order valence-electron chi connectivity index (χ2n) is 8.39. The molecule has 1 aromatic rings. The lowest BCUT2D eigenvalue weighted by Crippen LogP contribution is -2.26. The number of ether oxygens (including phenoxy) is 1. The van der Waals surface area contributed by atoms with Gasteiger partial charge in [0, 0.05) is 29.8 Å². The van der Waals surface area contributed by atoms with Crippen molar-refractivity contribution in [3.63, 3.8) is 0 Å². The van der Waals surface area contributed by atoms with Crippen LogP contribution in [0, 0.1) is 0 Å². The van der Waals surface area contributed by atoms with E-state index in [-0.39, 0.29) is 17.5 Å². The van der Waals surface area contributed by atoms with Crippen molar-refractivity contribution >= 4 is 24.6 Å². The third kappa shape index (κ3) is 5.54. The molecule has 1 N–H and O–H groups in total. The molecule has 0 fully saturated rings. The summed E-state index contributed by atoms with van der Waals surface area (Å²) in [6.45, 7) is 15.2. The number of benzene rings is 1. The lowest BCUT2D eigenvalue weighted by molar-refractivity contribution is -0.143. The fourth-order valence-electron chi connectivity index (χ4n) is 3.66. The summed E-state index contributed by atoms with van der Waals surface area (Å²) in [6.07, 6.45) is 3.47. The number of esters is 1. The van der Waals surface area contributed by atoms with Gasteiger partial charge >= 0.3 is 13.6 Å². The molecule has 0 radical (unpaired) electrons. The number of nitrogens with zero attached hydrogens (tertiary/aromatic N) is 1. The highest BCUT2D eigenvalue weighted by atomic mass is 31.2. The van der Waals surface area contributed by atoms with Gasteiger partial charge in [0.05, 0.1) is 18.0 Å². The standard InChI is InChI=1S/C23H36NO5P/c1-7-17(3)29-30(26,27)19-13-14-21-20(16-19)23(5,6)18(4)24(21)15-11-9-10-12-22(25)28-8-2/h13-14,16-17H,4,7-12,15H2,1-3,5-6H3,(H,26,27). The molecule has 7 heteroatoms. The monoisotopic (exact) mass is 437 g/mol. The van der Waals surface area contributed by atoms with Crippen LogP contribution in [0.2, 0.25) is 0 Å². The van der Waals surface area contributed by atoms with Gasteiger partial charge in [-0.25, -0.2) is 0 Å². The molecule has 1 aliphatic rings. The van der Waals surface area contributed by atoms with Crippen molar-refractivity contribution < 1.29 is 23.5 Å². The molecule has 0 aromatic heterocycles.